The number of hydrogen-bond acceptors (Lipinski definition) is 3. The summed E-state index contributed by atoms with van der Waals surface area (Å²) in [6.45, 7) is 5.14. The Morgan fingerprint density at radius 2 is 1.94 bits per heavy atom. The van der Waals surface area contributed by atoms with Gasteiger partial charge in [-0.1, -0.05) is 26.2 Å². The monoisotopic (exact) mass is 242 g/mol. The Balaban J connectivity index is 2.29. The van der Waals surface area contributed by atoms with E-state index in [9.17, 15) is 0 Å². The van der Waals surface area contributed by atoms with E-state index in [0.29, 0.717) is 5.41 Å². The van der Waals surface area contributed by atoms with Gasteiger partial charge in [0.25, 0.3) is 0 Å². The molecule has 1 fully saturated rings. The zero-order chi connectivity index (χ0) is 12.4. The zero-order valence-electron chi connectivity index (χ0n) is 11.7. The molecule has 3 heteroatoms. The third kappa shape index (κ3) is 5.84. The molecule has 1 saturated carbocycles. The van der Waals surface area contributed by atoms with Crippen LogP contribution in [-0.2, 0) is 4.84 Å². The summed E-state index contributed by atoms with van der Waals surface area (Å²) < 4.78 is 0. The van der Waals surface area contributed by atoms with Gasteiger partial charge in [-0.2, -0.15) is 0 Å². The normalized spacial score (nSPS) is 19.4. The van der Waals surface area contributed by atoms with Crippen LogP contribution >= 0.6 is 0 Å². The van der Waals surface area contributed by atoms with E-state index in [-0.39, 0.29) is 0 Å². The van der Waals surface area contributed by atoms with Crippen LogP contribution in [0.25, 0.3) is 0 Å². The quantitative estimate of drug-likeness (QED) is 0.482. The number of rotatable bonds is 9. The molecule has 0 bridgehead atoms. The van der Waals surface area contributed by atoms with Gasteiger partial charge in [-0.05, 0) is 51.1 Å². The third-order valence-corrected chi connectivity index (χ3v) is 3.90. The SMILES string of the molecule is CCCONCC1(CCCNC)CCCCC1. The Morgan fingerprint density at radius 3 is 2.59 bits per heavy atom. The molecule has 0 aromatic carbocycles. The Labute approximate surface area is 107 Å². The summed E-state index contributed by atoms with van der Waals surface area (Å²) in [5, 5.41) is 3.25. The third-order valence-electron chi connectivity index (χ3n) is 3.90. The highest BCUT2D eigenvalue weighted by molar-refractivity contribution is 4.84. The summed E-state index contributed by atoms with van der Waals surface area (Å²) in [6, 6.07) is 0. The molecular formula is C14H30N2O. The molecule has 0 unspecified atom stereocenters. The smallest absolute Gasteiger partial charge is 0.0679 e. The lowest BCUT2D eigenvalue weighted by molar-refractivity contribution is 0.00325. The van der Waals surface area contributed by atoms with Gasteiger partial charge < -0.3 is 10.2 Å². The van der Waals surface area contributed by atoms with Gasteiger partial charge in [-0.3, -0.25) is 0 Å². The molecule has 2 N–H and O–H groups in total. The molecule has 0 amide bonds. The van der Waals surface area contributed by atoms with Crippen molar-refractivity contribution in [1.82, 2.24) is 10.8 Å². The average Bonchev–Trinajstić information content (AvgIpc) is 2.36. The van der Waals surface area contributed by atoms with Gasteiger partial charge in [0.1, 0.15) is 0 Å². The van der Waals surface area contributed by atoms with Crippen LogP contribution in [-0.4, -0.2) is 26.7 Å². The van der Waals surface area contributed by atoms with Crippen LogP contribution < -0.4 is 10.8 Å². The Bertz CT molecular complexity index is 179. The molecule has 0 atom stereocenters. The van der Waals surface area contributed by atoms with E-state index in [0.717, 1.165) is 26.1 Å². The number of hydrogen-bond donors (Lipinski definition) is 2. The van der Waals surface area contributed by atoms with Crippen LogP contribution in [0.1, 0.15) is 58.3 Å². The van der Waals surface area contributed by atoms with E-state index in [1.54, 1.807) is 0 Å². The average molecular weight is 242 g/mol. The molecule has 3 nitrogen and oxygen atoms in total. The van der Waals surface area contributed by atoms with Gasteiger partial charge in [0.05, 0.1) is 6.61 Å². The Hall–Kier alpha value is -0.120. The van der Waals surface area contributed by atoms with Crippen LogP contribution in [0, 0.1) is 5.41 Å². The fourth-order valence-electron chi connectivity index (χ4n) is 2.84. The van der Waals surface area contributed by atoms with Gasteiger partial charge in [-0.15, -0.1) is 0 Å². The highest BCUT2D eigenvalue weighted by Crippen LogP contribution is 2.39. The van der Waals surface area contributed by atoms with Crippen molar-refractivity contribution in [1.29, 1.82) is 0 Å². The van der Waals surface area contributed by atoms with E-state index >= 15 is 0 Å². The fraction of sp³-hybridized carbons (Fsp3) is 1.00. The van der Waals surface area contributed by atoms with Crippen molar-refractivity contribution in [3.05, 3.63) is 0 Å². The van der Waals surface area contributed by atoms with Crippen molar-refractivity contribution in [2.45, 2.75) is 58.3 Å². The minimum absolute atomic E-state index is 0.503. The van der Waals surface area contributed by atoms with E-state index < -0.39 is 0 Å². The molecule has 0 aliphatic heterocycles. The summed E-state index contributed by atoms with van der Waals surface area (Å²) >= 11 is 0. The first-order chi connectivity index (χ1) is 8.33. The van der Waals surface area contributed by atoms with Crippen molar-refractivity contribution in [2.24, 2.45) is 5.41 Å². The first-order valence-corrected chi connectivity index (χ1v) is 7.32. The van der Waals surface area contributed by atoms with Crippen molar-refractivity contribution in [3.63, 3.8) is 0 Å². The van der Waals surface area contributed by atoms with Gasteiger partial charge >= 0.3 is 0 Å². The van der Waals surface area contributed by atoms with Gasteiger partial charge in [0, 0.05) is 6.54 Å². The van der Waals surface area contributed by atoms with Gasteiger partial charge in [0.2, 0.25) is 0 Å². The molecule has 17 heavy (non-hydrogen) atoms. The molecule has 0 radical (unpaired) electrons. The summed E-state index contributed by atoms with van der Waals surface area (Å²) in [7, 11) is 2.04. The van der Waals surface area contributed by atoms with Gasteiger partial charge in [0.15, 0.2) is 0 Å². The molecule has 0 aromatic rings. The predicted molar refractivity (Wildman–Crippen MR) is 72.9 cm³/mol. The van der Waals surface area contributed by atoms with Crippen LogP contribution in [0.2, 0.25) is 0 Å². The van der Waals surface area contributed by atoms with Crippen LogP contribution in [0.3, 0.4) is 0 Å². The molecule has 1 rings (SSSR count). The number of nitrogens with one attached hydrogen (secondary N) is 2. The van der Waals surface area contributed by atoms with Crippen LogP contribution in [0.5, 0.6) is 0 Å². The summed E-state index contributed by atoms with van der Waals surface area (Å²) in [4.78, 5) is 5.45. The van der Waals surface area contributed by atoms with E-state index in [1.165, 1.54) is 44.9 Å². The summed E-state index contributed by atoms with van der Waals surface area (Å²) in [5.41, 5.74) is 3.71. The topological polar surface area (TPSA) is 33.3 Å². The maximum atomic E-state index is 5.45. The lowest BCUT2D eigenvalue weighted by Crippen LogP contribution is -2.37. The highest BCUT2D eigenvalue weighted by Gasteiger charge is 2.31. The van der Waals surface area contributed by atoms with E-state index in [2.05, 4.69) is 17.7 Å². The van der Waals surface area contributed by atoms with E-state index in [4.69, 9.17) is 4.84 Å². The number of hydroxylamine groups is 1. The minimum atomic E-state index is 0.503. The molecule has 1 aliphatic carbocycles. The van der Waals surface area contributed by atoms with Crippen LogP contribution in [0.4, 0.5) is 0 Å². The first-order valence-electron chi connectivity index (χ1n) is 7.32. The summed E-state index contributed by atoms with van der Waals surface area (Å²) in [5.74, 6) is 0. The summed E-state index contributed by atoms with van der Waals surface area (Å²) in [6.07, 6.45) is 10.7. The molecule has 0 heterocycles. The Morgan fingerprint density at radius 1 is 1.18 bits per heavy atom. The largest absolute Gasteiger partial charge is 0.320 e. The standard InChI is InChI=1S/C14H30N2O/c1-3-12-17-16-13-14(10-7-11-15-2)8-5-4-6-9-14/h15-16H,3-13H2,1-2H3. The maximum absolute atomic E-state index is 5.45. The second-order valence-electron chi connectivity index (χ2n) is 5.44. The molecule has 102 valence electrons. The fourth-order valence-corrected chi connectivity index (χ4v) is 2.84. The predicted octanol–water partition coefficient (Wildman–Crippen LogP) is 2.87. The van der Waals surface area contributed by atoms with Gasteiger partial charge in [-0.25, -0.2) is 5.48 Å². The maximum Gasteiger partial charge on any atom is 0.0679 e. The highest BCUT2D eigenvalue weighted by atomic mass is 16.6. The molecule has 1 aliphatic rings. The zero-order valence-corrected chi connectivity index (χ0v) is 11.7. The molecule has 0 aromatic heterocycles. The lowest BCUT2D eigenvalue weighted by atomic mass is 9.71. The van der Waals surface area contributed by atoms with E-state index in [1.807, 2.05) is 7.05 Å². The molecular weight excluding hydrogens is 212 g/mol. The first kappa shape index (κ1) is 14.9. The van der Waals surface area contributed by atoms with Crippen molar-refractivity contribution >= 4 is 0 Å². The van der Waals surface area contributed by atoms with Crippen molar-refractivity contribution < 1.29 is 4.84 Å². The minimum Gasteiger partial charge on any atom is -0.320 e. The second-order valence-corrected chi connectivity index (χ2v) is 5.44. The van der Waals surface area contributed by atoms with Crippen LogP contribution in [0.15, 0.2) is 0 Å². The Kier molecular flexibility index (Phi) is 7.82. The molecule has 0 spiro atoms. The van der Waals surface area contributed by atoms with Crippen molar-refractivity contribution in [3.8, 4) is 0 Å². The lowest BCUT2D eigenvalue weighted by Gasteiger charge is -2.37. The molecule has 0 saturated heterocycles. The van der Waals surface area contributed by atoms with Crippen molar-refractivity contribution in [2.75, 3.05) is 26.7 Å². The second kappa shape index (κ2) is 8.90.